The zero-order chi connectivity index (χ0) is 22.1. The Morgan fingerprint density at radius 3 is 2.63 bits per heavy atom. The zero-order valence-corrected chi connectivity index (χ0v) is 18.7. The van der Waals surface area contributed by atoms with Gasteiger partial charge in [0.15, 0.2) is 0 Å². The first kappa shape index (κ1) is 23.7. The number of hydrogen-bond acceptors (Lipinski definition) is 2. The molecule has 1 amide bonds. The van der Waals surface area contributed by atoms with Gasteiger partial charge in [-0.05, 0) is 83.1 Å². The maximum atomic E-state index is 14.4. The van der Waals surface area contributed by atoms with Crippen LogP contribution in [0.2, 0.25) is 0 Å². The molecule has 3 atom stereocenters. The van der Waals surface area contributed by atoms with E-state index in [4.69, 9.17) is 0 Å². The van der Waals surface area contributed by atoms with Crippen LogP contribution in [0.25, 0.3) is 0 Å². The third-order valence-electron chi connectivity index (χ3n) is 5.40. The standard InChI is InChI=1S/C26H35FN2O/c1-6-8-10-20-12-14-24(20)29-26(30)21(9-7-2)17-22(15-18(3)4)28-25-13-11-19(5)16-23(25)27/h6-7,9,11,13,15-17,20,22,24,28H,1,8,10,12,14H2,2-5H3,(H,29,30)/b9-7-,21-17?. The van der Waals surface area contributed by atoms with Gasteiger partial charge >= 0.3 is 0 Å². The second-order valence-electron chi connectivity index (χ2n) is 8.30. The summed E-state index contributed by atoms with van der Waals surface area (Å²) in [6, 6.07) is 5.02. The van der Waals surface area contributed by atoms with Gasteiger partial charge in [0, 0.05) is 11.6 Å². The second kappa shape index (κ2) is 11.5. The minimum Gasteiger partial charge on any atom is -0.373 e. The molecule has 1 aromatic rings. The number of nitrogens with one attached hydrogen (secondary N) is 2. The maximum Gasteiger partial charge on any atom is 0.251 e. The number of amides is 1. The van der Waals surface area contributed by atoms with E-state index in [9.17, 15) is 9.18 Å². The summed E-state index contributed by atoms with van der Waals surface area (Å²) >= 11 is 0. The smallest absolute Gasteiger partial charge is 0.251 e. The van der Waals surface area contributed by atoms with Crippen molar-refractivity contribution in [3.8, 4) is 0 Å². The van der Waals surface area contributed by atoms with E-state index in [1.54, 1.807) is 6.07 Å². The van der Waals surface area contributed by atoms with Crippen LogP contribution in [0.15, 0.2) is 66.3 Å². The molecule has 0 radical (unpaired) electrons. The number of allylic oxidation sites excluding steroid dienone is 3. The van der Waals surface area contributed by atoms with Crippen LogP contribution < -0.4 is 10.6 Å². The van der Waals surface area contributed by atoms with Crippen molar-refractivity contribution in [3.63, 3.8) is 0 Å². The highest BCUT2D eigenvalue weighted by atomic mass is 19.1. The molecule has 0 saturated heterocycles. The fourth-order valence-corrected chi connectivity index (χ4v) is 3.68. The van der Waals surface area contributed by atoms with Crippen molar-refractivity contribution in [3.05, 3.63) is 77.7 Å². The van der Waals surface area contributed by atoms with Crippen LogP contribution in [0.4, 0.5) is 10.1 Å². The first-order valence-electron chi connectivity index (χ1n) is 10.8. The first-order valence-corrected chi connectivity index (χ1v) is 10.8. The third-order valence-corrected chi connectivity index (χ3v) is 5.40. The highest BCUT2D eigenvalue weighted by Gasteiger charge is 2.31. The SMILES string of the molecule is C=CCCC1CCC1NC(=O)C(=CC(C=C(C)C)Nc1ccc(C)cc1F)/C=C\C. The quantitative estimate of drug-likeness (QED) is 0.272. The number of benzene rings is 1. The largest absolute Gasteiger partial charge is 0.373 e. The molecule has 1 aliphatic rings. The van der Waals surface area contributed by atoms with E-state index < -0.39 is 0 Å². The lowest BCUT2D eigenvalue weighted by molar-refractivity contribution is -0.119. The Balaban J connectivity index is 2.19. The Morgan fingerprint density at radius 2 is 2.07 bits per heavy atom. The molecule has 30 heavy (non-hydrogen) atoms. The summed E-state index contributed by atoms with van der Waals surface area (Å²) in [6.07, 6.45) is 13.7. The van der Waals surface area contributed by atoms with Crippen molar-refractivity contribution in [2.75, 3.05) is 5.32 Å². The van der Waals surface area contributed by atoms with E-state index in [0.717, 1.165) is 36.8 Å². The minimum absolute atomic E-state index is 0.0836. The van der Waals surface area contributed by atoms with E-state index in [-0.39, 0.29) is 23.8 Å². The van der Waals surface area contributed by atoms with Gasteiger partial charge < -0.3 is 10.6 Å². The number of carbonyl (C=O) groups excluding carboxylic acids is 1. The van der Waals surface area contributed by atoms with E-state index in [1.807, 2.05) is 64.1 Å². The van der Waals surface area contributed by atoms with Crippen LogP contribution >= 0.6 is 0 Å². The fourth-order valence-electron chi connectivity index (χ4n) is 3.68. The average Bonchev–Trinajstić information content (AvgIpc) is 2.66. The van der Waals surface area contributed by atoms with Crippen LogP contribution in [-0.2, 0) is 4.79 Å². The number of halogens is 1. The van der Waals surface area contributed by atoms with E-state index >= 15 is 0 Å². The predicted molar refractivity (Wildman–Crippen MR) is 125 cm³/mol. The fraction of sp³-hybridized carbons (Fsp3) is 0.423. The molecular weight excluding hydrogens is 375 g/mol. The van der Waals surface area contributed by atoms with Crippen molar-refractivity contribution in [1.29, 1.82) is 0 Å². The highest BCUT2D eigenvalue weighted by molar-refractivity contribution is 5.96. The van der Waals surface area contributed by atoms with Gasteiger partial charge in [0.2, 0.25) is 0 Å². The molecule has 3 unspecified atom stereocenters. The van der Waals surface area contributed by atoms with Crippen molar-refractivity contribution in [2.45, 2.75) is 65.5 Å². The molecule has 2 rings (SSSR count). The van der Waals surface area contributed by atoms with Crippen LogP contribution in [0.5, 0.6) is 0 Å². The molecule has 0 bridgehead atoms. The monoisotopic (exact) mass is 410 g/mol. The van der Waals surface area contributed by atoms with Crippen molar-refractivity contribution >= 4 is 11.6 Å². The van der Waals surface area contributed by atoms with Gasteiger partial charge in [0.1, 0.15) is 5.82 Å². The molecule has 0 spiro atoms. The molecule has 162 valence electrons. The number of aryl methyl sites for hydroxylation is 1. The van der Waals surface area contributed by atoms with Crippen molar-refractivity contribution < 1.29 is 9.18 Å². The summed E-state index contributed by atoms with van der Waals surface area (Å²) in [7, 11) is 0. The lowest BCUT2D eigenvalue weighted by atomic mass is 9.76. The van der Waals surface area contributed by atoms with Gasteiger partial charge in [-0.25, -0.2) is 4.39 Å². The highest BCUT2D eigenvalue weighted by Crippen LogP contribution is 2.31. The number of anilines is 1. The Hall–Kier alpha value is -2.62. The number of carbonyl (C=O) groups is 1. The molecule has 1 saturated carbocycles. The summed E-state index contributed by atoms with van der Waals surface area (Å²) in [5.41, 5.74) is 2.95. The van der Waals surface area contributed by atoms with Crippen LogP contribution in [0.3, 0.4) is 0 Å². The van der Waals surface area contributed by atoms with Crippen LogP contribution in [0, 0.1) is 18.7 Å². The van der Waals surface area contributed by atoms with Gasteiger partial charge in [-0.3, -0.25) is 4.79 Å². The lowest BCUT2D eigenvalue weighted by Gasteiger charge is -2.37. The van der Waals surface area contributed by atoms with Gasteiger partial charge in [-0.2, -0.15) is 0 Å². The van der Waals surface area contributed by atoms with Crippen LogP contribution in [0.1, 0.15) is 52.0 Å². The topological polar surface area (TPSA) is 41.1 Å². The summed E-state index contributed by atoms with van der Waals surface area (Å²) in [5.74, 6) is 0.138. The Bertz CT molecular complexity index is 833. The Morgan fingerprint density at radius 1 is 1.30 bits per heavy atom. The second-order valence-corrected chi connectivity index (χ2v) is 8.30. The van der Waals surface area contributed by atoms with Gasteiger partial charge in [-0.1, -0.05) is 35.9 Å². The molecule has 1 aliphatic carbocycles. The predicted octanol–water partition coefficient (Wildman–Crippen LogP) is 6.24. The van der Waals surface area contributed by atoms with Gasteiger partial charge in [0.05, 0.1) is 11.7 Å². The molecule has 0 aliphatic heterocycles. The van der Waals surface area contributed by atoms with E-state index in [2.05, 4.69) is 17.2 Å². The molecule has 4 heteroatoms. The normalized spacial score (nSPS) is 19.7. The van der Waals surface area contributed by atoms with Gasteiger partial charge in [-0.15, -0.1) is 6.58 Å². The maximum absolute atomic E-state index is 14.4. The first-order chi connectivity index (χ1) is 14.3. The average molecular weight is 411 g/mol. The Labute approximate surface area is 180 Å². The molecule has 2 N–H and O–H groups in total. The lowest BCUT2D eigenvalue weighted by Crippen LogP contribution is -2.47. The molecule has 0 heterocycles. The van der Waals surface area contributed by atoms with Crippen LogP contribution in [-0.4, -0.2) is 18.0 Å². The van der Waals surface area contributed by atoms with E-state index in [1.165, 1.54) is 6.07 Å². The minimum atomic E-state index is -0.304. The Kier molecular flexibility index (Phi) is 9.10. The number of hydrogen-bond donors (Lipinski definition) is 2. The summed E-state index contributed by atoms with van der Waals surface area (Å²) in [5, 5.41) is 6.40. The summed E-state index contributed by atoms with van der Waals surface area (Å²) in [4.78, 5) is 13.0. The van der Waals surface area contributed by atoms with Crippen molar-refractivity contribution in [2.24, 2.45) is 5.92 Å². The summed E-state index contributed by atoms with van der Waals surface area (Å²) in [6.45, 7) is 11.5. The molecular formula is C26H35FN2O. The molecule has 1 aromatic carbocycles. The zero-order valence-electron chi connectivity index (χ0n) is 18.7. The molecule has 1 fully saturated rings. The van der Waals surface area contributed by atoms with E-state index in [0.29, 0.717) is 17.2 Å². The molecule has 3 nitrogen and oxygen atoms in total. The summed E-state index contributed by atoms with van der Waals surface area (Å²) < 4.78 is 14.4. The third kappa shape index (κ3) is 7.01. The molecule has 0 aromatic heterocycles. The van der Waals surface area contributed by atoms with Crippen molar-refractivity contribution in [1.82, 2.24) is 5.32 Å². The van der Waals surface area contributed by atoms with Gasteiger partial charge in [0.25, 0.3) is 5.91 Å². The number of rotatable bonds is 10.